The van der Waals surface area contributed by atoms with Crippen molar-refractivity contribution in [3.63, 3.8) is 0 Å². The molecule has 0 bridgehead atoms. The monoisotopic (exact) mass is 237 g/mol. The Bertz CT molecular complexity index is 285. The third-order valence-corrected chi connectivity index (χ3v) is 2.58. The zero-order valence-electron chi connectivity index (χ0n) is 10.7. The van der Waals surface area contributed by atoms with Gasteiger partial charge in [0.25, 0.3) is 0 Å². The second-order valence-electron chi connectivity index (χ2n) is 4.07. The molecule has 0 fully saturated rings. The van der Waals surface area contributed by atoms with Gasteiger partial charge in [-0.3, -0.25) is 0 Å². The van der Waals surface area contributed by atoms with Crippen molar-refractivity contribution in [2.75, 3.05) is 13.3 Å². The second kappa shape index (κ2) is 9.02. The molecule has 0 atom stereocenters. The Morgan fingerprint density at radius 1 is 1.06 bits per heavy atom. The highest BCUT2D eigenvalue weighted by Gasteiger charge is 1.96. The molecule has 0 saturated carbocycles. The van der Waals surface area contributed by atoms with E-state index >= 15 is 0 Å². The number of benzene rings is 1. The molecule has 0 amide bonds. The molecule has 17 heavy (non-hydrogen) atoms. The van der Waals surface area contributed by atoms with Crippen molar-refractivity contribution in [2.45, 2.75) is 39.2 Å². The van der Waals surface area contributed by atoms with Gasteiger partial charge in [0.2, 0.25) is 0 Å². The van der Waals surface area contributed by atoms with E-state index < -0.39 is 0 Å². The lowest BCUT2D eigenvalue weighted by Crippen LogP contribution is -2.04. The fraction of sp³-hybridized carbons (Fsp3) is 0.571. The molecule has 96 valence electrons. The lowest BCUT2D eigenvalue weighted by molar-refractivity contribution is 0.127. The predicted molar refractivity (Wildman–Crippen MR) is 69.9 cm³/mol. The zero-order valence-corrected chi connectivity index (χ0v) is 10.7. The van der Waals surface area contributed by atoms with Crippen molar-refractivity contribution in [3.8, 4) is 5.75 Å². The van der Waals surface area contributed by atoms with E-state index in [9.17, 15) is 0 Å². The Labute approximate surface area is 104 Å². The van der Waals surface area contributed by atoms with Gasteiger partial charge in [0.15, 0.2) is 0 Å². The third-order valence-electron chi connectivity index (χ3n) is 2.58. The second-order valence-corrected chi connectivity index (χ2v) is 4.07. The summed E-state index contributed by atoms with van der Waals surface area (Å²) in [7, 11) is 0. The Morgan fingerprint density at radius 3 is 2.47 bits per heavy atom. The number of unbranched alkanes of at least 4 members (excludes halogenated alkanes) is 3. The molecule has 3 nitrogen and oxygen atoms in total. The zero-order chi connectivity index (χ0) is 12.3. The first-order valence-electron chi connectivity index (χ1n) is 6.36. The van der Waals surface area contributed by atoms with Gasteiger partial charge in [0.05, 0.1) is 19.9 Å². The molecule has 1 aromatic rings. The van der Waals surface area contributed by atoms with Crippen molar-refractivity contribution >= 4 is 0 Å². The van der Waals surface area contributed by atoms with Crippen LogP contribution in [0.3, 0.4) is 0 Å². The minimum atomic E-state index is 0.260. The SMILES string of the molecule is CCCCCCOc1ccc(COCN)cc1. The van der Waals surface area contributed by atoms with Gasteiger partial charge in [0.1, 0.15) is 5.75 Å². The summed E-state index contributed by atoms with van der Waals surface area (Å²) in [4.78, 5) is 0. The Hall–Kier alpha value is -1.06. The molecule has 2 N–H and O–H groups in total. The maximum absolute atomic E-state index is 5.65. The van der Waals surface area contributed by atoms with Crippen molar-refractivity contribution in [1.29, 1.82) is 0 Å². The van der Waals surface area contributed by atoms with Crippen molar-refractivity contribution in [2.24, 2.45) is 5.73 Å². The number of hydrogen-bond acceptors (Lipinski definition) is 3. The van der Waals surface area contributed by atoms with Crippen molar-refractivity contribution < 1.29 is 9.47 Å². The van der Waals surface area contributed by atoms with Crippen LogP contribution in [0.1, 0.15) is 38.2 Å². The highest BCUT2D eigenvalue weighted by atomic mass is 16.5. The summed E-state index contributed by atoms with van der Waals surface area (Å²) in [5.41, 5.74) is 6.38. The quantitative estimate of drug-likeness (QED) is 0.530. The van der Waals surface area contributed by atoms with E-state index in [0.29, 0.717) is 6.61 Å². The van der Waals surface area contributed by atoms with E-state index in [2.05, 4.69) is 6.92 Å². The molecule has 0 aliphatic carbocycles. The highest BCUT2D eigenvalue weighted by molar-refractivity contribution is 5.26. The van der Waals surface area contributed by atoms with Gasteiger partial charge in [-0.2, -0.15) is 0 Å². The molecule has 3 heteroatoms. The lowest BCUT2D eigenvalue weighted by atomic mass is 10.2. The van der Waals surface area contributed by atoms with Gasteiger partial charge >= 0.3 is 0 Å². The average Bonchev–Trinajstić information content (AvgIpc) is 2.37. The van der Waals surface area contributed by atoms with E-state index in [-0.39, 0.29) is 6.73 Å². The van der Waals surface area contributed by atoms with Crippen LogP contribution in [0.25, 0.3) is 0 Å². The summed E-state index contributed by atoms with van der Waals surface area (Å²) in [6.07, 6.45) is 4.93. The van der Waals surface area contributed by atoms with E-state index in [1.54, 1.807) is 0 Å². The molecule has 0 spiro atoms. The Morgan fingerprint density at radius 2 is 1.82 bits per heavy atom. The smallest absolute Gasteiger partial charge is 0.119 e. The summed E-state index contributed by atoms with van der Waals surface area (Å²) >= 11 is 0. The van der Waals surface area contributed by atoms with Crippen LogP contribution in [0.5, 0.6) is 5.75 Å². The van der Waals surface area contributed by atoms with Gasteiger partial charge in [-0.25, -0.2) is 0 Å². The van der Waals surface area contributed by atoms with E-state index in [0.717, 1.165) is 24.3 Å². The number of hydrogen-bond donors (Lipinski definition) is 1. The largest absolute Gasteiger partial charge is 0.494 e. The summed E-state index contributed by atoms with van der Waals surface area (Å²) in [6, 6.07) is 7.98. The third kappa shape index (κ3) is 6.29. The molecule has 1 rings (SSSR count). The molecule has 0 heterocycles. The van der Waals surface area contributed by atoms with E-state index in [1.807, 2.05) is 24.3 Å². The van der Waals surface area contributed by atoms with Crippen LogP contribution in [0.4, 0.5) is 0 Å². The first kappa shape index (κ1) is 14.0. The molecule has 0 unspecified atom stereocenters. The molecule has 0 aliphatic heterocycles. The molecular formula is C14H23NO2. The van der Waals surface area contributed by atoms with Gasteiger partial charge < -0.3 is 15.2 Å². The molecule has 1 aromatic carbocycles. The maximum Gasteiger partial charge on any atom is 0.119 e. The molecule has 0 aliphatic rings. The number of ether oxygens (including phenoxy) is 2. The molecule has 0 aromatic heterocycles. The summed E-state index contributed by atoms with van der Waals surface area (Å²) < 4.78 is 10.8. The molecule has 0 saturated heterocycles. The topological polar surface area (TPSA) is 44.5 Å². The van der Waals surface area contributed by atoms with Crippen molar-refractivity contribution in [1.82, 2.24) is 0 Å². The molecular weight excluding hydrogens is 214 g/mol. The fourth-order valence-corrected chi connectivity index (χ4v) is 1.58. The van der Waals surface area contributed by atoms with Gasteiger partial charge in [-0.15, -0.1) is 0 Å². The van der Waals surface area contributed by atoms with Gasteiger partial charge in [0, 0.05) is 0 Å². The minimum Gasteiger partial charge on any atom is -0.494 e. The fourth-order valence-electron chi connectivity index (χ4n) is 1.58. The van der Waals surface area contributed by atoms with Crippen LogP contribution < -0.4 is 10.5 Å². The summed E-state index contributed by atoms with van der Waals surface area (Å²) in [5, 5.41) is 0. The first-order chi connectivity index (χ1) is 8.36. The summed E-state index contributed by atoms with van der Waals surface area (Å²) in [5.74, 6) is 0.929. The Balaban J connectivity index is 2.20. The van der Waals surface area contributed by atoms with E-state index in [1.165, 1.54) is 19.3 Å². The highest BCUT2D eigenvalue weighted by Crippen LogP contribution is 2.13. The predicted octanol–water partition coefficient (Wildman–Crippen LogP) is 3.08. The van der Waals surface area contributed by atoms with Gasteiger partial charge in [-0.1, -0.05) is 38.3 Å². The lowest BCUT2D eigenvalue weighted by Gasteiger charge is -2.07. The molecule has 0 radical (unpaired) electrons. The van der Waals surface area contributed by atoms with Crippen LogP contribution in [0.15, 0.2) is 24.3 Å². The number of rotatable bonds is 9. The van der Waals surface area contributed by atoms with Crippen LogP contribution in [-0.4, -0.2) is 13.3 Å². The normalized spacial score (nSPS) is 10.5. The maximum atomic E-state index is 5.65. The number of nitrogens with two attached hydrogens (primary N) is 1. The van der Waals surface area contributed by atoms with Crippen LogP contribution in [0, 0.1) is 0 Å². The standard InChI is InChI=1S/C14H23NO2/c1-2-3-4-5-10-17-14-8-6-13(7-9-14)11-16-12-15/h6-9H,2-5,10-12,15H2,1H3. The van der Waals surface area contributed by atoms with Crippen molar-refractivity contribution in [3.05, 3.63) is 29.8 Å². The first-order valence-corrected chi connectivity index (χ1v) is 6.36. The van der Waals surface area contributed by atoms with Crippen LogP contribution >= 0.6 is 0 Å². The average molecular weight is 237 g/mol. The van der Waals surface area contributed by atoms with Gasteiger partial charge in [-0.05, 0) is 24.1 Å². The summed E-state index contributed by atoms with van der Waals surface area (Å²) in [6.45, 7) is 3.84. The van der Waals surface area contributed by atoms with E-state index in [4.69, 9.17) is 15.2 Å². The minimum absolute atomic E-state index is 0.260. The van der Waals surface area contributed by atoms with Crippen LogP contribution in [0.2, 0.25) is 0 Å². The van der Waals surface area contributed by atoms with Crippen LogP contribution in [-0.2, 0) is 11.3 Å². The Kier molecular flexibility index (Phi) is 7.43.